The van der Waals surface area contributed by atoms with Crippen LogP contribution >= 0.6 is 11.6 Å². The monoisotopic (exact) mass is 567 g/mol. The molecule has 0 aliphatic carbocycles. The maximum atomic E-state index is 13.5. The van der Waals surface area contributed by atoms with Crippen molar-refractivity contribution >= 4 is 17.5 Å². The maximum absolute atomic E-state index is 13.5. The first-order valence-corrected chi connectivity index (χ1v) is 14.0. The van der Waals surface area contributed by atoms with Crippen LogP contribution in [-0.2, 0) is 16.1 Å². The van der Waals surface area contributed by atoms with Crippen LogP contribution in [0.5, 0.6) is 17.2 Å². The second-order valence-electron chi connectivity index (χ2n) is 10.5. The fourth-order valence-electron chi connectivity index (χ4n) is 5.13. The molecule has 40 heavy (non-hydrogen) atoms. The van der Waals surface area contributed by atoms with E-state index in [0.717, 1.165) is 24.4 Å². The summed E-state index contributed by atoms with van der Waals surface area (Å²) in [5, 5.41) is 0.610. The Labute approximate surface area is 240 Å². The molecule has 9 heteroatoms. The molecule has 0 radical (unpaired) electrons. The number of para-hydroxylation sites is 1. The van der Waals surface area contributed by atoms with Gasteiger partial charge in [-0.3, -0.25) is 9.69 Å². The molecule has 0 aromatic heterocycles. The molecule has 7 nitrogen and oxygen atoms in total. The highest BCUT2D eigenvalue weighted by molar-refractivity contribution is 6.30. The standard InChI is InChI=1S/C31H35ClFN3O4/c1-34-13-15-36(16-14-34)30(37)20-31(23-38-27-11-9-26(33)10-12-27)22-35(17-18-39-31)21-24-5-2-3-8-29(24)40-28-7-4-6-25(32)19-28/h2-12,19H,13-18,20-23H2,1H3/t31-/m1/s1. The molecule has 0 N–H and O–H groups in total. The van der Waals surface area contributed by atoms with Gasteiger partial charge in [-0.2, -0.15) is 0 Å². The average molecular weight is 568 g/mol. The molecule has 1 amide bonds. The van der Waals surface area contributed by atoms with E-state index in [1.807, 2.05) is 47.4 Å². The zero-order chi connectivity index (χ0) is 28.0. The summed E-state index contributed by atoms with van der Waals surface area (Å²) in [6.45, 7) is 5.54. The van der Waals surface area contributed by atoms with E-state index in [9.17, 15) is 9.18 Å². The molecule has 1 atom stereocenters. The average Bonchev–Trinajstić information content (AvgIpc) is 2.94. The van der Waals surface area contributed by atoms with Gasteiger partial charge in [-0.05, 0) is 55.6 Å². The van der Waals surface area contributed by atoms with Crippen molar-refractivity contribution in [2.75, 3.05) is 59.5 Å². The molecule has 2 aliphatic heterocycles. The lowest BCUT2D eigenvalue weighted by molar-refractivity contribution is -0.158. The van der Waals surface area contributed by atoms with Gasteiger partial charge < -0.3 is 24.0 Å². The van der Waals surface area contributed by atoms with Gasteiger partial charge in [-0.1, -0.05) is 35.9 Å². The quantitative estimate of drug-likeness (QED) is 0.359. The molecule has 0 saturated carbocycles. The van der Waals surface area contributed by atoms with Gasteiger partial charge in [0.1, 0.15) is 35.3 Å². The van der Waals surface area contributed by atoms with Gasteiger partial charge in [-0.25, -0.2) is 4.39 Å². The molecular formula is C31H35ClFN3O4. The van der Waals surface area contributed by atoms with E-state index < -0.39 is 5.60 Å². The van der Waals surface area contributed by atoms with E-state index in [4.69, 9.17) is 25.8 Å². The minimum atomic E-state index is -0.851. The fourth-order valence-corrected chi connectivity index (χ4v) is 5.31. The highest BCUT2D eigenvalue weighted by Crippen LogP contribution is 2.31. The van der Waals surface area contributed by atoms with Crippen molar-refractivity contribution in [2.45, 2.75) is 18.6 Å². The SMILES string of the molecule is CN1CCN(C(=O)C[C@]2(COc3ccc(F)cc3)CN(Cc3ccccc3Oc3cccc(Cl)c3)CCO2)CC1. The second-order valence-corrected chi connectivity index (χ2v) is 10.9. The number of amides is 1. The Morgan fingerprint density at radius 3 is 2.52 bits per heavy atom. The summed E-state index contributed by atoms with van der Waals surface area (Å²) < 4.78 is 32.1. The van der Waals surface area contributed by atoms with Crippen molar-refractivity contribution in [1.29, 1.82) is 0 Å². The van der Waals surface area contributed by atoms with Gasteiger partial charge >= 0.3 is 0 Å². The Bertz CT molecular complexity index is 1290. The Hall–Kier alpha value is -3.17. The van der Waals surface area contributed by atoms with Crippen molar-refractivity contribution in [3.8, 4) is 17.2 Å². The summed E-state index contributed by atoms with van der Waals surface area (Å²) >= 11 is 6.16. The van der Waals surface area contributed by atoms with Crippen LogP contribution in [0.15, 0.2) is 72.8 Å². The number of carbonyl (C=O) groups is 1. The molecule has 2 heterocycles. The first-order chi connectivity index (χ1) is 19.4. The molecule has 3 aromatic rings. The van der Waals surface area contributed by atoms with Crippen LogP contribution < -0.4 is 9.47 Å². The zero-order valence-electron chi connectivity index (χ0n) is 22.7. The van der Waals surface area contributed by atoms with Crippen LogP contribution in [0.2, 0.25) is 5.02 Å². The molecular weight excluding hydrogens is 533 g/mol. The van der Waals surface area contributed by atoms with Crippen LogP contribution in [0.1, 0.15) is 12.0 Å². The Morgan fingerprint density at radius 2 is 1.75 bits per heavy atom. The number of rotatable bonds is 9. The van der Waals surface area contributed by atoms with Gasteiger partial charge in [0.05, 0.1) is 13.0 Å². The minimum absolute atomic E-state index is 0.0577. The molecule has 0 spiro atoms. The third-order valence-electron chi connectivity index (χ3n) is 7.36. The third kappa shape index (κ3) is 7.52. The van der Waals surface area contributed by atoms with Crippen molar-refractivity contribution < 1.29 is 23.4 Å². The summed E-state index contributed by atoms with van der Waals surface area (Å²) in [6, 6.07) is 21.2. The number of benzene rings is 3. The molecule has 5 rings (SSSR count). The predicted octanol–water partition coefficient (Wildman–Crippen LogP) is 5.09. The predicted molar refractivity (Wildman–Crippen MR) is 153 cm³/mol. The van der Waals surface area contributed by atoms with E-state index in [1.165, 1.54) is 12.1 Å². The van der Waals surface area contributed by atoms with Crippen molar-refractivity contribution in [3.63, 3.8) is 0 Å². The number of carbonyl (C=O) groups excluding carboxylic acids is 1. The largest absolute Gasteiger partial charge is 0.491 e. The zero-order valence-corrected chi connectivity index (χ0v) is 23.5. The van der Waals surface area contributed by atoms with E-state index in [0.29, 0.717) is 55.9 Å². The summed E-state index contributed by atoms with van der Waals surface area (Å²) in [7, 11) is 2.07. The summed E-state index contributed by atoms with van der Waals surface area (Å²) in [6.07, 6.45) is 0.203. The molecule has 212 valence electrons. The first-order valence-electron chi connectivity index (χ1n) is 13.6. The third-order valence-corrected chi connectivity index (χ3v) is 7.60. The Kier molecular flexibility index (Phi) is 9.22. The van der Waals surface area contributed by atoms with Crippen molar-refractivity contribution in [2.24, 2.45) is 0 Å². The second kappa shape index (κ2) is 13.0. The number of ether oxygens (including phenoxy) is 3. The fraction of sp³-hybridized carbons (Fsp3) is 0.387. The van der Waals surface area contributed by atoms with Gasteiger partial charge in [0, 0.05) is 56.4 Å². The van der Waals surface area contributed by atoms with Gasteiger partial charge in [0.2, 0.25) is 5.91 Å². The number of morpholine rings is 1. The van der Waals surface area contributed by atoms with Crippen LogP contribution in [0.3, 0.4) is 0 Å². The van der Waals surface area contributed by atoms with E-state index in [1.54, 1.807) is 18.2 Å². The summed E-state index contributed by atoms with van der Waals surface area (Å²) in [5.74, 6) is 1.68. The molecule has 2 aliphatic rings. The summed E-state index contributed by atoms with van der Waals surface area (Å²) in [5.41, 5.74) is 0.165. The lowest BCUT2D eigenvalue weighted by atomic mass is 9.96. The van der Waals surface area contributed by atoms with Crippen LogP contribution in [-0.4, -0.2) is 85.7 Å². The first kappa shape index (κ1) is 28.4. The number of piperazine rings is 1. The smallest absolute Gasteiger partial charge is 0.225 e. The topological polar surface area (TPSA) is 54.5 Å². The summed E-state index contributed by atoms with van der Waals surface area (Å²) in [4.78, 5) is 19.9. The molecule has 3 aromatic carbocycles. The Morgan fingerprint density at radius 1 is 0.975 bits per heavy atom. The molecule has 0 bridgehead atoms. The highest BCUT2D eigenvalue weighted by atomic mass is 35.5. The normalized spacial score (nSPS) is 20.3. The van der Waals surface area contributed by atoms with Crippen LogP contribution in [0.25, 0.3) is 0 Å². The van der Waals surface area contributed by atoms with Gasteiger partial charge in [0.15, 0.2) is 0 Å². The maximum Gasteiger partial charge on any atom is 0.225 e. The van der Waals surface area contributed by atoms with Gasteiger partial charge in [0.25, 0.3) is 0 Å². The number of halogens is 2. The van der Waals surface area contributed by atoms with Crippen LogP contribution in [0, 0.1) is 5.82 Å². The number of hydrogen-bond acceptors (Lipinski definition) is 6. The van der Waals surface area contributed by atoms with E-state index in [2.05, 4.69) is 16.8 Å². The molecule has 2 saturated heterocycles. The van der Waals surface area contributed by atoms with Crippen LogP contribution in [0.4, 0.5) is 4.39 Å². The lowest BCUT2D eigenvalue weighted by Crippen LogP contribution is -2.58. The number of nitrogens with zero attached hydrogens (tertiary/aromatic N) is 3. The minimum Gasteiger partial charge on any atom is -0.491 e. The number of hydrogen-bond donors (Lipinski definition) is 0. The van der Waals surface area contributed by atoms with Gasteiger partial charge in [-0.15, -0.1) is 0 Å². The van der Waals surface area contributed by atoms with Crippen molar-refractivity contribution in [1.82, 2.24) is 14.7 Å². The highest BCUT2D eigenvalue weighted by Gasteiger charge is 2.41. The van der Waals surface area contributed by atoms with Crippen molar-refractivity contribution in [3.05, 3.63) is 89.2 Å². The lowest BCUT2D eigenvalue weighted by Gasteiger charge is -2.43. The molecule has 0 unspecified atom stereocenters. The Balaban J connectivity index is 1.32. The van der Waals surface area contributed by atoms with E-state index in [-0.39, 0.29) is 24.8 Å². The van der Waals surface area contributed by atoms with E-state index >= 15 is 0 Å². The number of likely N-dealkylation sites (N-methyl/N-ethyl adjacent to an activating group) is 1. The molecule has 2 fully saturated rings.